The van der Waals surface area contributed by atoms with Crippen LogP contribution < -0.4 is 4.72 Å². The Morgan fingerprint density at radius 1 is 1.40 bits per heavy atom. The number of hydrogen-bond acceptors (Lipinski definition) is 4. The summed E-state index contributed by atoms with van der Waals surface area (Å²) < 4.78 is 32.6. The van der Waals surface area contributed by atoms with Crippen molar-refractivity contribution in [3.63, 3.8) is 0 Å². The Kier molecular flexibility index (Phi) is 5.61. The number of aromatic nitrogens is 2. The van der Waals surface area contributed by atoms with E-state index in [-0.39, 0.29) is 11.3 Å². The highest BCUT2D eigenvalue weighted by atomic mass is 79.9. The average Bonchev–Trinajstić information content (AvgIpc) is 3.00. The summed E-state index contributed by atoms with van der Waals surface area (Å²) in [5.74, 6) is -0.807. The predicted molar refractivity (Wildman–Crippen MR) is 101 cm³/mol. The quantitative estimate of drug-likeness (QED) is 0.375. The average molecular weight is 428 g/mol. The lowest BCUT2D eigenvalue weighted by molar-refractivity contribution is 0.211. The van der Waals surface area contributed by atoms with Gasteiger partial charge in [-0.25, -0.2) is 13.8 Å². The highest BCUT2D eigenvalue weighted by Gasteiger charge is 2.25. The third kappa shape index (κ3) is 3.65. The van der Waals surface area contributed by atoms with Crippen molar-refractivity contribution in [1.82, 2.24) is 9.97 Å². The van der Waals surface area contributed by atoms with Crippen LogP contribution in [0.1, 0.15) is 30.6 Å². The number of aliphatic hydroxyl groups is 1. The molecule has 3 aromatic rings. The summed E-state index contributed by atoms with van der Waals surface area (Å²) in [6.45, 7) is 2.01. The van der Waals surface area contributed by atoms with Crippen molar-refractivity contribution < 1.29 is 13.9 Å². The lowest BCUT2D eigenvalue weighted by atomic mass is 10.00. The van der Waals surface area contributed by atoms with E-state index in [9.17, 15) is 13.9 Å². The number of hydrogen-bond donors (Lipinski definition) is 3. The topological polar surface area (TPSA) is 60.9 Å². The van der Waals surface area contributed by atoms with Crippen molar-refractivity contribution in [3.8, 4) is 0 Å². The summed E-state index contributed by atoms with van der Waals surface area (Å²) in [5.41, 5.74) is 0.654. The van der Waals surface area contributed by atoms with E-state index >= 15 is 0 Å². The molecule has 0 saturated heterocycles. The van der Waals surface area contributed by atoms with E-state index in [1.165, 1.54) is 24.2 Å². The number of nitrogens with zero attached hydrogens (tertiary/aromatic N) is 1. The zero-order chi connectivity index (χ0) is 18.0. The smallest absolute Gasteiger partial charge is 0.156 e. The molecule has 1 aromatic carbocycles. The van der Waals surface area contributed by atoms with Crippen LogP contribution in [-0.2, 0) is 0 Å². The first-order valence-electron chi connectivity index (χ1n) is 7.69. The highest BCUT2D eigenvalue weighted by molar-refractivity contribution is 9.10. The number of H-pyrrole nitrogens is 1. The maximum Gasteiger partial charge on any atom is 0.156 e. The highest BCUT2D eigenvalue weighted by Crippen LogP contribution is 2.35. The molecule has 0 amide bonds. The molecular weight excluding hydrogens is 412 g/mol. The van der Waals surface area contributed by atoms with Crippen LogP contribution in [0.25, 0.3) is 11.0 Å². The van der Waals surface area contributed by atoms with Crippen molar-refractivity contribution in [2.24, 2.45) is 0 Å². The molecular formula is C17H16BrF2N3OS. The molecule has 0 aliphatic rings. The Morgan fingerprint density at radius 3 is 2.96 bits per heavy atom. The van der Waals surface area contributed by atoms with Crippen molar-refractivity contribution in [3.05, 3.63) is 57.8 Å². The Balaban J connectivity index is 2.02. The molecule has 25 heavy (non-hydrogen) atoms. The van der Waals surface area contributed by atoms with E-state index in [2.05, 4.69) is 30.6 Å². The minimum atomic E-state index is -1.46. The van der Waals surface area contributed by atoms with Gasteiger partial charge < -0.3 is 14.8 Å². The molecule has 0 radical (unpaired) electrons. The first-order valence-corrected chi connectivity index (χ1v) is 9.47. The molecule has 0 aliphatic heterocycles. The predicted octanol–water partition coefficient (Wildman–Crippen LogP) is 5.16. The van der Waals surface area contributed by atoms with Crippen molar-refractivity contribution in [2.75, 3.05) is 10.5 Å². The standard InChI is InChI=1S/C17H16BrF2N3OS/c1-2-5-25-23-13-4-3-12(19)14(15(13)20)16(24)11-8-22-17-10(11)6-9(18)7-21-17/h3-4,6-8,16,23-24H,2,5H2,1H3,(H,21,22). The molecule has 3 N–H and O–H groups in total. The van der Waals surface area contributed by atoms with Gasteiger partial charge >= 0.3 is 0 Å². The molecule has 2 heterocycles. The van der Waals surface area contributed by atoms with Crippen molar-refractivity contribution in [1.29, 1.82) is 0 Å². The summed E-state index contributed by atoms with van der Waals surface area (Å²) in [4.78, 5) is 7.08. The molecule has 3 rings (SSSR count). The third-order valence-corrected chi connectivity index (χ3v) is 5.12. The lowest BCUT2D eigenvalue weighted by Gasteiger charge is -2.15. The van der Waals surface area contributed by atoms with E-state index in [1.807, 2.05) is 6.92 Å². The van der Waals surface area contributed by atoms with Crippen LogP contribution in [0.15, 0.2) is 35.1 Å². The van der Waals surface area contributed by atoms with Crippen LogP contribution in [0.5, 0.6) is 0 Å². The summed E-state index contributed by atoms with van der Waals surface area (Å²) in [7, 11) is 0. The van der Waals surface area contributed by atoms with Crippen molar-refractivity contribution in [2.45, 2.75) is 19.4 Å². The van der Waals surface area contributed by atoms with Crippen LogP contribution in [0.2, 0.25) is 0 Å². The Morgan fingerprint density at radius 2 is 2.20 bits per heavy atom. The molecule has 1 atom stereocenters. The number of benzene rings is 1. The van der Waals surface area contributed by atoms with Crippen LogP contribution in [0, 0.1) is 11.6 Å². The van der Waals surface area contributed by atoms with Gasteiger partial charge in [0.2, 0.25) is 0 Å². The molecule has 0 bridgehead atoms. The normalized spacial score (nSPS) is 12.5. The van der Waals surface area contributed by atoms with Crippen LogP contribution in [0.4, 0.5) is 14.5 Å². The molecule has 132 valence electrons. The van der Waals surface area contributed by atoms with E-state index in [0.717, 1.165) is 18.2 Å². The SMILES string of the molecule is CCCSNc1ccc(F)c(C(O)c2c[nH]c3ncc(Br)cc23)c1F. The maximum atomic E-state index is 14.8. The van der Waals surface area contributed by atoms with E-state index in [0.29, 0.717) is 21.1 Å². The van der Waals surface area contributed by atoms with Gasteiger partial charge in [0.1, 0.15) is 17.6 Å². The van der Waals surface area contributed by atoms with Gasteiger partial charge in [0.15, 0.2) is 5.82 Å². The summed E-state index contributed by atoms with van der Waals surface area (Å²) in [6.07, 6.45) is 2.58. The van der Waals surface area contributed by atoms with Crippen LogP contribution in [-0.4, -0.2) is 20.8 Å². The number of rotatable bonds is 6. The van der Waals surface area contributed by atoms with Crippen LogP contribution in [0.3, 0.4) is 0 Å². The molecule has 1 unspecified atom stereocenters. The van der Waals surface area contributed by atoms with Gasteiger partial charge in [0.25, 0.3) is 0 Å². The third-order valence-electron chi connectivity index (χ3n) is 3.71. The first kappa shape index (κ1) is 18.2. The number of aliphatic hydroxyl groups excluding tert-OH is 1. The van der Waals surface area contributed by atoms with Gasteiger partial charge in [-0.15, -0.1) is 0 Å². The molecule has 0 saturated carbocycles. The summed E-state index contributed by atoms with van der Waals surface area (Å²) in [6, 6.07) is 4.22. The van der Waals surface area contributed by atoms with Crippen LogP contribution >= 0.6 is 27.9 Å². The minimum absolute atomic E-state index is 0.146. The Bertz CT molecular complexity index is 903. The van der Waals surface area contributed by atoms with Gasteiger partial charge in [-0.1, -0.05) is 18.9 Å². The molecule has 4 nitrogen and oxygen atoms in total. The second-order valence-electron chi connectivity index (χ2n) is 5.47. The molecule has 0 fully saturated rings. The number of fused-ring (bicyclic) bond motifs is 1. The van der Waals surface area contributed by atoms with Gasteiger partial charge in [-0.2, -0.15) is 0 Å². The zero-order valence-corrected chi connectivity index (χ0v) is 15.7. The number of pyridine rings is 1. The maximum absolute atomic E-state index is 14.8. The molecule has 8 heteroatoms. The lowest BCUT2D eigenvalue weighted by Crippen LogP contribution is -2.07. The zero-order valence-electron chi connectivity index (χ0n) is 13.3. The fraction of sp³-hybridized carbons (Fsp3) is 0.235. The van der Waals surface area contributed by atoms with Crippen molar-refractivity contribution >= 4 is 44.6 Å². The minimum Gasteiger partial charge on any atom is -0.383 e. The first-order chi connectivity index (χ1) is 12.0. The second kappa shape index (κ2) is 7.72. The van der Waals surface area contributed by atoms with Gasteiger partial charge in [0, 0.05) is 33.6 Å². The number of halogens is 3. The van der Waals surface area contributed by atoms with Gasteiger partial charge in [-0.3, -0.25) is 0 Å². The Labute approximate surface area is 156 Å². The monoisotopic (exact) mass is 427 g/mol. The summed E-state index contributed by atoms with van der Waals surface area (Å²) in [5, 5.41) is 11.2. The number of aromatic amines is 1. The number of anilines is 1. The number of nitrogens with one attached hydrogen (secondary N) is 2. The fourth-order valence-electron chi connectivity index (χ4n) is 2.51. The van der Waals surface area contributed by atoms with E-state index < -0.39 is 17.7 Å². The van der Waals surface area contributed by atoms with Gasteiger partial charge in [0.05, 0.1) is 11.3 Å². The van der Waals surface area contributed by atoms with Gasteiger partial charge in [-0.05, 0) is 40.5 Å². The Hall–Kier alpha value is -1.64. The second-order valence-corrected chi connectivity index (χ2v) is 7.29. The van der Waals surface area contributed by atoms with E-state index in [4.69, 9.17) is 0 Å². The molecule has 0 spiro atoms. The fourth-order valence-corrected chi connectivity index (χ4v) is 3.46. The molecule has 0 aliphatic carbocycles. The molecule has 2 aromatic heterocycles. The largest absolute Gasteiger partial charge is 0.383 e. The summed E-state index contributed by atoms with van der Waals surface area (Å²) >= 11 is 4.65. The van der Waals surface area contributed by atoms with E-state index in [1.54, 1.807) is 12.3 Å².